The third-order valence-electron chi connectivity index (χ3n) is 14.1. The smallest absolute Gasteiger partial charge is 0.293 e. The van der Waals surface area contributed by atoms with Gasteiger partial charge in [-0.3, -0.25) is 29.4 Å². The number of benzene rings is 4. The van der Waals surface area contributed by atoms with Crippen LogP contribution in [0.25, 0.3) is 11.0 Å². The number of rotatable bonds is 16. The van der Waals surface area contributed by atoms with Crippen LogP contribution in [0.1, 0.15) is 78.5 Å². The summed E-state index contributed by atoms with van der Waals surface area (Å²) in [5.41, 5.74) is 6.63. The Morgan fingerprint density at radius 1 is 0.926 bits per heavy atom. The maximum Gasteiger partial charge on any atom is 0.293 e. The van der Waals surface area contributed by atoms with Crippen LogP contribution in [-0.4, -0.2) is 97.7 Å². The van der Waals surface area contributed by atoms with Gasteiger partial charge < -0.3 is 34.1 Å². The lowest BCUT2D eigenvalue weighted by molar-refractivity contribution is -0.384. The van der Waals surface area contributed by atoms with Crippen molar-refractivity contribution in [3.63, 3.8) is 0 Å². The van der Waals surface area contributed by atoms with E-state index in [9.17, 15) is 14.9 Å². The zero-order valence-electron chi connectivity index (χ0n) is 39.5. The lowest BCUT2D eigenvalue weighted by Gasteiger charge is -2.58. The van der Waals surface area contributed by atoms with Gasteiger partial charge in [-0.1, -0.05) is 38.1 Å². The summed E-state index contributed by atoms with van der Waals surface area (Å²) in [4.78, 5) is 41.0. The highest BCUT2D eigenvalue weighted by Crippen LogP contribution is 2.53. The number of nitrogens with zero attached hydrogens (tertiary/aromatic N) is 5. The number of hydrogen-bond acceptors (Lipinski definition) is 13. The second kappa shape index (κ2) is 20.0. The number of piperidine rings is 1. The Balaban J connectivity index is 0.894. The van der Waals surface area contributed by atoms with Crippen LogP contribution < -0.4 is 33.9 Å². The molecule has 4 heterocycles. The van der Waals surface area contributed by atoms with Crippen molar-refractivity contribution < 1.29 is 28.7 Å². The lowest BCUT2D eigenvalue weighted by atomic mass is 9.59. The topological polar surface area (TPSA) is 160 Å². The van der Waals surface area contributed by atoms with E-state index >= 15 is 0 Å². The summed E-state index contributed by atoms with van der Waals surface area (Å²) in [6.45, 7) is 10.1. The van der Waals surface area contributed by atoms with Crippen LogP contribution in [0.15, 0.2) is 102 Å². The SMILES string of the molecule is CNc1ccc(SNC(=O)c2ccc(N3CCC4(CC3)CC(N3CCN(Cc5cc(OC)c(OC)c(OC)c5)CC3c3ccccc3C(C)C)C4)cc2Oc2cnc3[nH]ccc3c2)cc1[N+](=O)[O-]. The van der Waals surface area contributed by atoms with Crippen LogP contribution in [0.3, 0.4) is 0 Å². The molecule has 6 aromatic rings. The molecule has 2 aromatic heterocycles. The van der Waals surface area contributed by atoms with Gasteiger partial charge in [-0.05, 0) is 114 Å². The number of nitro groups is 1. The number of anilines is 2. The molecule has 1 aliphatic carbocycles. The number of ether oxygens (including phenoxy) is 4. The van der Waals surface area contributed by atoms with E-state index in [1.165, 1.54) is 30.0 Å². The van der Waals surface area contributed by atoms with Gasteiger partial charge in [0.25, 0.3) is 11.6 Å². The van der Waals surface area contributed by atoms with Crippen LogP contribution in [0.4, 0.5) is 17.1 Å². The quantitative estimate of drug-likeness (QED) is 0.0479. The predicted molar refractivity (Wildman–Crippen MR) is 267 cm³/mol. The maximum atomic E-state index is 13.8. The molecule has 2 saturated heterocycles. The first kappa shape index (κ1) is 46.6. The van der Waals surface area contributed by atoms with Crippen molar-refractivity contribution in [3.8, 4) is 28.7 Å². The number of nitro benzene ring substituents is 1. The van der Waals surface area contributed by atoms with Crippen molar-refractivity contribution in [2.75, 3.05) is 71.3 Å². The molecule has 1 saturated carbocycles. The lowest BCUT2D eigenvalue weighted by Crippen LogP contribution is -2.60. The van der Waals surface area contributed by atoms with Crippen molar-refractivity contribution >= 4 is 46.0 Å². The Kier molecular flexibility index (Phi) is 13.7. The number of H-pyrrole nitrogens is 1. The minimum atomic E-state index is -0.447. The number of aromatic amines is 1. The average Bonchev–Trinajstić information content (AvgIpc) is 3.82. The zero-order valence-corrected chi connectivity index (χ0v) is 40.4. The summed E-state index contributed by atoms with van der Waals surface area (Å²) in [6.07, 6.45) is 7.98. The molecule has 9 rings (SSSR count). The van der Waals surface area contributed by atoms with Crippen molar-refractivity contribution in [2.24, 2.45) is 5.41 Å². The molecule has 2 aliphatic heterocycles. The Bertz CT molecular complexity index is 2760. The van der Waals surface area contributed by atoms with Crippen molar-refractivity contribution in [2.45, 2.75) is 69.0 Å². The fourth-order valence-corrected chi connectivity index (χ4v) is 11.2. The largest absolute Gasteiger partial charge is 0.493 e. The van der Waals surface area contributed by atoms with Gasteiger partial charge in [0.05, 0.1) is 38.0 Å². The first-order chi connectivity index (χ1) is 33.0. The van der Waals surface area contributed by atoms with Gasteiger partial charge in [0.1, 0.15) is 22.8 Å². The number of amides is 1. The molecule has 68 heavy (non-hydrogen) atoms. The number of aromatic nitrogens is 2. The van der Waals surface area contributed by atoms with Crippen LogP contribution in [0.5, 0.6) is 28.7 Å². The van der Waals surface area contributed by atoms with Gasteiger partial charge in [-0.15, -0.1) is 0 Å². The van der Waals surface area contributed by atoms with Crippen LogP contribution in [0, 0.1) is 15.5 Å². The van der Waals surface area contributed by atoms with E-state index in [1.54, 1.807) is 52.8 Å². The highest BCUT2D eigenvalue weighted by atomic mass is 32.2. The average molecular weight is 941 g/mol. The van der Waals surface area contributed by atoms with E-state index in [2.05, 4.69) is 85.0 Å². The molecule has 3 N–H and O–H groups in total. The monoisotopic (exact) mass is 940 g/mol. The van der Waals surface area contributed by atoms with Crippen molar-refractivity contribution in [3.05, 3.63) is 130 Å². The third kappa shape index (κ3) is 9.62. The maximum absolute atomic E-state index is 13.8. The summed E-state index contributed by atoms with van der Waals surface area (Å²) in [7, 11) is 6.60. The Morgan fingerprint density at radius 2 is 1.69 bits per heavy atom. The van der Waals surface area contributed by atoms with Crippen LogP contribution >= 0.6 is 11.9 Å². The highest BCUT2D eigenvalue weighted by Gasteiger charge is 2.50. The molecule has 3 fully saturated rings. The minimum absolute atomic E-state index is 0.0755. The Morgan fingerprint density at radius 3 is 2.40 bits per heavy atom. The van der Waals surface area contributed by atoms with E-state index in [0.717, 1.165) is 86.3 Å². The molecule has 1 atom stereocenters. The van der Waals surface area contributed by atoms with E-state index in [-0.39, 0.29) is 23.1 Å². The molecule has 3 aliphatic rings. The van der Waals surface area contributed by atoms with E-state index in [0.29, 0.717) is 56.9 Å². The normalized spacial score (nSPS) is 17.5. The van der Waals surface area contributed by atoms with Gasteiger partial charge in [0, 0.05) is 92.7 Å². The minimum Gasteiger partial charge on any atom is -0.493 e. The number of piperazine rings is 1. The molecule has 16 heteroatoms. The second-order valence-corrected chi connectivity index (χ2v) is 19.3. The number of nitrogens with one attached hydrogen (secondary N) is 3. The Hall–Kier alpha value is -6.49. The highest BCUT2D eigenvalue weighted by molar-refractivity contribution is 7.98. The first-order valence-corrected chi connectivity index (χ1v) is 24.1. The number of carbonyl (C=O) groups is 1. The molecule has 1 spiro atoms. The van der Waals surface area contributed by atoms with E-state index in [1.807, 2.05) is 30.5 Å². The molecule has 15 nitrogen and oxygen atoms in total. The van der Waals surface area contributed by atoms with E-state index < -0.39 is 4.92 Å². The van der Waals surface area contributed by atoms with Gasteiger partial charge >= 0.3 is 0 Å². The molecule has 0 bridgehead atoms. The first-order valence-electron chi connectivity index (χ1n) is 23.3. The molecular formula is C52H60N8O7S. The van der Waals surface area contributed by atoms with E-state index in [4.69, 9.17) is 18.9 Å². The number of hydrogen-bond donors (Lipinski definition) is 3. The summed E-state index contributed by atoms with van der Waals surface area (Å²) >= 11 is 1.02. The van der Waals surface area contributed by atoms with Gasteiger partial charge in [-0.2, -0.15) is 0 Å². The number of fused-ring (bicyclic) bond motifs is 1. The molecule has 4 aromatic carbocycles. The number of pyridine rings is 1. The molecule has 1 unspecified atom stereocenters. The summed E-state index contributed by atoms with van der Waals surface area (Å²) in [6, 6.07) is 28.3. The molecule has 0 radical (unpaired) electrons. The van der Waals surface area contributed by atoms with Crippen LogP contribution in [0.2, 0.25) is 0 Å². The Labute approximate surface area is 401 Å². The fourth-order valence-electron chi connectivity index (χ4n) is 10.5. The van der Waals surface area contributed by atoms with Crippen LogP contribution in [-0.2, 0) is 6.54 Å². The van der Waals surface area contributed by atoms with Gasteiger partial charge in [-0.25, -0.2) is 4.98 Å². The summed E-state index contributed by atoms with van der Waals surface area (Å²) in [5, 5.41) is 15.4. The molecular weight excluding hydrogens is 881 g/mol. The summed E-state index contributed by atoms with van der Waals surface area (Å²) in [5.74, 6) is 2.88. The summed E-state index contributed by atoms with van der Waals surface area (Å²) < 4.78 is 26.4. The zero-order chi connectivity index (χ0) is 47.5. The van der Waals surface area contributed by atoms with Crippen molar-refractivity contribution in [1.82, 2.24) is 24.5 Å². The number of carbonyl (C=O) groups excluding carboxylic acids is 1. The standard InChI is InChI=1S/C52H60N8O7S/c1-33(2)40-9-7-8-10-41(40)45-32-57(31-34-23-47(64-4)49(66-6)48(24-34)65-5)21-22-59(45)37-28-52(29-37)16-19-58(20-17-52)36-11-13-42(46(26-36)67-38-25-35-15-18-54-50(35)55-30-38)51(61)56-68-39-12-14-43(53-3)44(27-39)60(62)63/h7-15,18,23-27,30,33,37,45,53H,16-17,19-22,28-29,31-32H2,1-6H3,(H,54,55)(H,56,61). The predicted octanol–water partition coefficient (Wildman–Crippen LogP) is 10.2. The van der Waals surface area contributed by atoms with Gasteiger partial charge in [0.15, 0.2) is 11.5 Å². The van der Waals surface area contributed by atoms with Crippen molar-refractivity contribution in [1.29, 1.82) is 0 Å². The molecule has 356 valence electrons. The third-order valence-corrected chi connectivity index (χ3v) is 14.9. The molecule has 1 amide bonds. The fraction of sp³-hybridized carbons (Fsp3) is 0.385. The second-order valence-electron chi connectivity index (χ2n) is 18.4. The van der Waals surface area contributed by atoms with Gasteiger partial charge in [0.2, 0.25) is 5.75 Å². The number of methoxy groups -OCH3 is 3.